The van der Waals surface area contributed by atoms with Crippen molar-refractivity contribution in [1.82, 2.24) is 29.5 Å². The van der Waals surface area contributed by atoms with E-state index in [0.717, 1.165) is 59.9 Å². The molecule has 0 aliphatic heterocycles. The first-order valence-electron chi connectivity index (χ1n) is 12.1. The van der Waals surface area contributed by atoms with Gasteiger partial charge in [-0.15, -0.1) is 0 Å². The number of carboxylic acid groups (broad SMARTS) is 1. The van der Waals surface area contributed by atoms with Crippen molar-refractivity contribution in [2.45, 2.75) is 52.1 Å². The zero-order valence-electron chi connectivity index (χ0n) is 19.4. The molecular formula is C25H29N7O2. The molecule has 0 radical (unpaired) electrons. The predicted molar refractivity (Wildman–Crippen MR) is 129 cm³/mol. The fourth-order valence-electron chi connectivity index (χ4n) is 6.05. The number of rotatable bonds is 6. The Labute approximate surface area is 197 Å². The summed E-state index contributed by atoms with van der Waals surface area (Å²) in [6, 6.07) is 1.91. The molecule has 2 bridgehead atoms. The summed E-state index contributed by atoms with van der Waals surface area (Å²) in [4.78, 5) is 33.8. The summed E-state index contributed by atoms with van der Waals surface area (Å²) < 4.78 is 2.16. The molecule has 0 spiro atoms. The Morgan fingerprint density at radius 1 is 1.21 bits per heavy atom. The van der Waals surface area contributed by atoms with Gasteiger partial charge in [-0.25, -0.2) is 19.9 Å². The SMILES string of the molecule is CC(C)Cn1ccc2c(N[C@@H]3C4CCC(CC4)[C@H]3C(=O)O)nc(-c3c[nH]c4ncncc34)nc21. The minimum Gasteiger partial charge on any atom is -0.481 e. The number of anilines is 1. The standard InChI is InChI=1S/C25H29N7O2/c1-13(2)11-32-8-7-16-22(29-20-15-5-3-14(4-6-15)19(20)25(33)34)30-23(31-24(16)32)18-10-27-21-17(18)9-26-12-28-21/h7-10,12-15,19-20H,3-6,11H2,1-2H3,(H,33,34)(H,26,27,28)(H,29,30,31)/t14?,15?,19-,20-/m1/s1. The summed E-state index contributed by atoms with van der Waals surface area (Å²) in [6.45, 7) is 5.20. The maximum atomic E-state index is 12.2. The van der Waals surface area contributed by atoms with E-state index in [0.29, 0.717) is 23.5 Å². The van der Waals surface area contributed by atoms with Gasteiger partial charge in [0.2, 0.25) is 0 Å². The number of aromatic amines is 1. The molecule has 3 saturated carbocycles. The molecule has 7 rings (SSSR count). The summed E-state index contributed by atoms with van der Waals surface area (Å²) >= 11 is 0. The Bertz CT molecular complexity index is 1370. The quantitative estimate of drug-likeness (QED) is 0.392. The Balaban J connectivity index is 1.49. The van der Waals surface area contributed by atoms with Crippen LogP contribution in [0.2, 0.25) is 0 Å². The first-order chi connectivity index (χ1) is 16.5. The summed E-state index contributed by atoms with van der Waals surface area (Å²) in [7, 11) is 0. The molecule has 3 N–H and O–H groups in total. The van der Waals surface area contributed by atoms with Gasteiger partial charge in [-0.3, -0.25) is 4.79 Å². The van der Waals surface area contributed by atoms with Gasteiger partial charge in [0.25, 0.3) is 0 Å². The lowest BCUT2D eigenvalue weighted by Crippen LogP contribution is -2.51. The number of carboxylic acids is 1. The fourth-order valence-corrected chi connectivity index (χ4v) is 6.05. The monoisotopic (exact) mass is 459 g/mol. The highest BCUT2D eigenvalue weighted by Crippen LogP contribution is 2.46. The van der Waals surface area contributed by atoms with E-state index in [1.165, 1.54) is 6.33 Å². The van der Waals surface area contributed by atoms with Gasteiger partial charge < -0.3 is 20.0 Å². The molecule has 0 aromatic carbocycles. The second-order valence-corrected chi connectivity index (χ2v) is 10.2. The average Bonchev–Trinajstić information content (AvgIpc) is 3.44. The smallest absolute Gasteiger partial charge is 0.308 e. The van der Waals surface area contributed by atoms with Crippen molar-refractivity contribution < 1.29 is 9.90 Å². The fraction of sp³-hybridized carbons (Fsp3) is 0.480. The lowest BCUT2D eigenvalue weighted by Gasteiger charge is -2.47. The number of aliphatic carboxylic acids is 1. The first kappa shape index (κ1) is 21.1. The minimum atomic E-state index is -0.705. The number of hydrogen-bond acceptors (Lipinski definition) is 6. The Morgan fingerprint density at radius 3 is 2.76 bits per heavy atom. The molecule has 3 aliphatic carbocycles. The second kappa shape index (κ2) is 8.07. The largest absolute Gasteiger partial charge is 0.481 e. The van der Waals surface area contributed by atoms with Crippen LogP contribution < -0.4 is 5.32 Å². The highest BCUT2D eigenvalue weighted by molar-refractivity contribution is 5.95. The zero-order chi connectivity index (χ0) is 23.4. The number of fused-ring (bicyclic) bond motifs is 5. The normalized spacial score (nSPS) is 24.3. The van der Waals surface area contributed by atoms with Gasteiger partial charge in [0.05, 0.1) is 11.3 Å². The predicted octanol–water partition coefficient (Wildman–Crippen LogP) is 4.33. The van der Waals surface area contributed by atoms with E-state index in [9.17, 15) is 9.90 Å². The molecule has 4 aromatic rings. The number of hydrogen-bond donors (Lipinski definition) is 3. The van der Waals surface area contributed by atoms with Crippen molar-refractivity contribution in [3.63, 3.8) is 0 Å². The summed E-state index contributed by atoms with van der Waals surface area (Å²) in [5.74, 6) is 1.22. The number of nitrogens with one attached hydrogen (secondary N) is 2. The van der Waals surface area contributed by atoms with Crippen molar-refractivity contribution in [3.8, 4) is 11.4 Å². The first-order valence-corrected chi connectivity index (χ1v) is 12.1. The van der Waals surface area contributed by atoms with Crippen LogP contribution in [0.15, 0.2) is 31.0 Å². The van der Waals surface area contributed by atoms with Crippen LogP contribution in [0.1, 0.15) is 39.5 Å². The number of aromatic nitrogens is 6. The van der Waals surface area contributed by atoms with Crippen LogP contribution in [0, 0.1) is 23.7 Å². The second-order valence-electron chi connectivity index (χ2n) is 10.2. The highest BCUT2D eigenvalue weighted by Gasteiger charge is 2.47. The maximum absolute atomic E-state index is 12.2. The molecular weight excluding hydrogens is 430 g/mol. The van der Waals surface area contributed by atoms with E-state index in [1.807, 2.05) is 18.5 Å². The van der Waals surface area contributed by atoms with Crippen molar-refractivity contribution in [3.05, 3.63) is 31.0 Å². The third-order valence-electron chi connectivity index (χ3n) is 7.58. The Morgan fingerprint density at radius 2 is 2.00 bits per heavy atom. The van der Waals surface area contributed by atoms with E-state index in [-0.39, 0.29) is 17.9 Å². The maximum Gasteiger partial charge on any atom is 0.308 e. The number of nitrogens with zero attached hydrogens (tertiary/aromatic N) is 5. The van der Waals surface area contributed by atoms with E-state index >= 15 is 0 Å². The molecule has 3 aliphatic rings. The van der Waals surface area contributed by atoms with Crippen molar-refractivity contribution in [1.29, 1.82) is 0 Å². The van der Waals surface area contributed by atoms with Crippen molar-refractivity contribution >= 4 is 33.9 Å². The zero-order valence-corrected chi connectivity index (χ0v) is 19.4. The molecule has 0 amide bonds. The lowest BCUT2D eigenvalue weighted by molar-refractivity contribution is -0.148. The van der Waals surface area contributed by atoms with Crippen LogP contribution in [0.3, 0.4) is 0 Å². The summed E-state index contributed by atoms with van der Waals surface area (Å²) in [5.41, 5.74) is 2.41. The summed E-state index contributed by atoms with van der Waals surface area (Å²) in [5, 5.41) is 15.4. The van der Waals surface area contributed by atoms with Gasteiger partial charge in [-0.2, -0.15) is 0 Å². The van der Waals surface area contributed by atoms with Crippen LogP contribution in [0.25, 0.3) is 33.5 Å². The van der Waals surface area contributed by atoms with Gasteiger partial charge in [0.1, 0.15) is 23.4 Å². The number of carbonyl (C=O) groups is 1. The van der Waals surface area contributed by atoms with Crippen LogP contribution in [-0.4, -0.2) is 46.6 Å². The van der Waals surface area contributed by atoms with Gasteiger partial charge in [-0.1, -0.05) is 13.8 Å². The molecule has 0 saturated heterocycles. The van der Waals surface area contributed by atoms with Crippen molar-refractivity contribution in [2.24, 2.45) is 23.7 Å². The summed E-state index contributed by atoms with van der Waals surface area (Å²) in [6.07, 6.45) is 11.3. The molecule has 34 heavy (non-hydrogen) atoms. The molecule has 9 heteroatoms. The minimum absolute atomic E-state index is 0.129. The van der Waals surface area contributed by atoms with Gasteiger partial charge >= 0.3 is 5.97 Å². The van der Waals surface area contributed by atoms with Crippen LogP contribution in [0.5, 0.6) is 0 Å². The van der Waals surface area contributed by atoms with Crippen LogP contribution in [-0.2, 0) is 11.3 Å². The van der Waals surface area contributed by atoms with E-state index in [4.69, 9.17) is 9.97 Å². The Hall–Kier alpha value is -3.49. The molecule has 4 aromatic heterocycles. The van der Waals surface area contributed by atoms with Gasteiger partial charge in [0.15, 0.2) is 5.82 Å². The third-order valence-corrected chi connectivity index (χ3v) is 7.58. The molecule has 0 unspecified atom stereocenters. The topological polar surface area (TPSA) is 122 Å². The molecule has 4 heterocycles. The Kier molecular flexibility index (Phi) is 5.00. The van der Waals surface area contributed by atoms with Crippen molar-refractivity contribution in [2.75, 3.05) is 5.32 Å². The molecule has 3 fully saturated rings. The third kappa shape index (κ3) is 3.41. The van der Waals surface area contributed by atoms with Gasteiger partial charge in [-0.05, 0) is 49.5 Å². The molecule has 2 atom stereocenters. The van der Waals surface area contributed by atoms with Crippen LogP contribution in [0.4, 0.5) is 5.82 Å². The van der Waals surface area contributed by atoms with Crippen LogP contribution >= 0.6 is 0 Å². The van der Waals surface area contributed by atoms with E-state index in [1.54, 1.807) is 6.20 Å². The van der Waals surface area contributed by atoms with E-state index in [2.05, 4.69) is 38.7 Å². The number of H-pyrrole nitrogens is 1. The molecule has 176 valence electrons. The molecule has 9 nitrogen and oxygen atoms in total. The lowest BCUT2D eigenvalue weighted by atomic mass is 9.61. The van der Waals surface area contributed by atoms with E-state index < -0.39 is 5.97 Å². The van der Waals surface area contributed by atoms with Gasteiger partial charge in [0, 0.05) is 42.1 Å². The highest BCUT2D eigenvalue weighted by atomic mass is 16.4. The average molecular weight is 460 g/mol.